The molecule has 0 aromatic carbocycles. The van der Waals surface area contributed by atoms with E-state index in [2.05, 4.69) is 20.8 Å². The second kappa shape index (κ2) is 10.4. The van der Waals surface area contributed by atoms with Gasteiger partial charge in [-0.25, -0.2) is 4.79 Å². The van der Waals surface area contributed by atoms with Gasteiger partial charge in [0.25, 0.3) is 0 Å². The van der Waals surface area contributed by atoms with Crippen molar-refractivity contribution in [2.24, 2.45) is 5.92 Å². The van der Waals surface area contributed by atoms with Crippen LogP contribution in [0, 0.1) is 5.92 Å². The van der Waals surface area contributed by atoms with Gasteiger partial charge in [0.2, 0.25) is 0 Å². The molecule has 0 aliphatic heterocycles. The molecule has 0 aromatic rings. The van der Waals surface area contributed by atoms with E-state index >= 15 is 0 Å². The van der Waals surface area contributed by atoms with Crippen LogP contribution in [0.3, 0.4) is 0 Å². The number of ether oxygens (including phenoxy) is 2. The Morgan fingerprint density at radius 3 is 2.29 bits per heavy atom. The zero-order valence-electron chi connectivity index (χ0n) is 11.8. The Balaban J connectivity index is 3.85. The molecule has 3 nitrogen and oxygen atoms in total. The number of carbonyl (C=O) groups is 1. The summed E-state index contributed by atoms with van der Waals surface area (Å²) in [6, 6.07) is 0. The zero-order chi connectivity index (χ0) is 13.1. The van der Waals surface area contributed by atoms with Crippen LogP contribution in [0.25, 0.3) is 0 Å². The summed E-state index contributed by atoms with van der Waals surface area (Å²) in [6.07, 6.45) is 6.08. The third-order valence-corrected chi connectivity index (χ3v) is 2.76. The first kappa shape index (κ1) is 16.3. The predicted molar refractivity (Wildman–Crippen MR) is 70.1 cm³/mol. The van der Waals surface area contributed by atoms with Gasteiger partial charge in [0, 0.05) is 0 Å². The van der Waals surface area contributed by atoms with Crippen LogP contribution >= 0.6 is 0 Å². The van der Waals surface area contributed by atoms with E-state index in [-0.39, 0.29) is 6.10 Å². The van der Waals surface area contributed by atoms with Gasteiger partial charge in [-0.2, -0.15) is 0 Å². The first-order chi connectivity index (χ1) is 8.11. The second-order valence-corrected chi connectivity index (χ2v) is 4.85. The van der Waals surface area contributed by atoms with Gasteiger partial charge < -0.3 is 9.47 Å². The Bertz CT molecular complexity index is 190. The monoisotopic (exact) mass is 244 g/mol. The molecule has 0 bridgehead atoms. The lowest BCUT2D eigenvalue weighted by atomic mass is 10.0. The molecular weight excluding hydrogens is 216 g/mol. The largest absolute Gasteiger partial charge is 0.508 e. The average molecular weight is 244 g/mol. The molecule has 0 saturated heterocycles. The fourth-order valence-electron chi connectivity index (χ4n) is 1.64. The van der Waals surface area contributed by atoms with Crippen LogP contribution in [0.2, 0.25) is 0 Å². The van der Waals surface area contributed by atoms with Gasteiger partial charge in [0.05, 0.1) is 6.61 Å². The molecule has 0 aromatic heterocycles. The maximum Gasteiger partial charge on any atom is 0.508 e. The van der Waals surface area contributed by atoms with Crippen molar-refractivity contribution in [2.45, 2.75) is 72.3 Å². The van der Waals surface area contributed by atoms with Crippen LogP contribution in [0.4, 0.5) is 4.79 Å². The first-order valence-electron chi connectivity index (χ1n) is 6.95. The van der Waals surface area contributed by atoms with Crippen LogP contribution < -0.4 is 0 Å². The third-order valence-electron chi connectivity index (χ3n) is 2.76. The lowest BCUT2D eigenvalue weighted by molar-refractivity contribution is 0.00372. The molecule has 0 N–H and O–H groups in total. The highest BCUT2D eigenvalue weighted by atomic mass is 16.7. The van der Waals surface area contributed by atoms with Gasteiger partial charge in [-0.15, -0.1) is 0 Å². The molecule has 1 unspecified atom stereocenters. The van der Waals surface area contributed by atoms with E-state index in [0.29, 0.717) is 12.5 Å². The third kappa shape index (κ3) is 9.02. The van der Waals surface area contributed by atoms with Crippen LogP contribution in [-0.2, 0) is 9.47 Å². The predicted octanol–water partition coefficient (Wildman–Crippen LogP) is 4.54. The molecule has 0 spiro atoms. The number of hydrogen-bond acceptors (Lipinski definition) is 3. The summed E-state index contributed by atoms with van der Waals surface area (Å²) in [5, 5.41) is 0. The molecule has 0 heterocycles. The van der Waals surface area contributed by atoms with Crippen LogP contribution in [0.1, 0.15) is 66.2 Å². The fraction of sp³-hybridized carbons (Fsp3) is 0.929. The van der Waals surface area contributed by atoms with Crippen molar-refractivity contribution in [3.63, 3.8) is 0 Å². The molecular formula is C14H28O3. The summed E-state index contributed by atoms with van der Waals surface area (Å²) in [5.41, 5.74) is 0. The molecule has 0 amide bonds. The Labute approximate surface area is 106 Å². The molecule has 0 saturated carbocycles. The summed E-state index contributed by atoms with van der Waals surface area (Å²) in [4.78, 5) is 11.4. The lowest BCUT2D eigenvalue weighted by Crippen LogP contribution is -2.24. The van der Waals surface area contributed by atoms with Gasteiger partial charge in [-0.05, 0) is 25.2 Å². The molecule has 0 aliphatic rings. The molecule has 0 radical (unpaired) electrons. The SMILES string of the molecule is CCCCCCC(OC(=O)OCCC)C(C)C. The van der Waals surface area contributed by atoms with Crippen LogP contribution in [0.5, 0.6) is 0 Å². The van der Waals surface area contributed by atoms with E-state index in [9.17, 15) is 4.79 Å². The molecule has 0 fully saturated rings. The number of unbranched alkanes of at least 4 members (excludes halogenated alkanes) is 3. The van der Waals surface area contributed by atoms with Crippen molar-refractivity contribution in [1.29, 1.82) is 0 Å². The number of hydrogen-bond donors (Lipinski definition) is 0. The quantitative estimate of drug-likeness (QED) is 0.441. The Morgan fingerprint density at radius 2 is 1.76 bits per heavy atom. The number of carbonyl (C=O) groups excluding carboxylic acids is 1. The van der Waals surface area contributed by atoms with Crippen LogP contribution in [0.15, 0.2) is 0 Å². The summed E-state index contributed by atoms with van der Waals surface area (Å²) >= 11 is 0. The van der Waals surface area contributed by atoms with E-state index in [0.717, 1.165) is 19.3 Å². The zero-order valence-corrected chi connectivity index (χ0v) is 11.8. The topological polar surface area (TPSA) is 35.5 Å². The van der Waals surface area contributed by atoms with Crippen molar-refractivity contribution in [3.05, 3.63) is 0 Å². The molecule has 0 aliphatic carbocycles. The fourth-order valence-corrected chi connectivity index (χ4v) is 1.64. The van der Waals surface area contributed by atoms with Crippen LogP contribution in [-0.4, -0.2) is 18.9 Å². The highest BCUT2D eigenvalue weighted by Gasteiger charge is 2.18. The van der Waals surface area contributed by atoms with Gasteiger partial charge >= 0.3 is 6.16 Å². The van der Waals surface area contributed by atoms with E-state index in [4.69, 9.17) is 9.47 Å². The summed E-state index contributed by atoms with van der Waals surface area (Å²) < 4.78 is 10.3. The van der Waals surface area contributed by atoms with E-state index in [1.165, 1.54) is 19.3 Å². The van der Waals surface area contributed by atoms with E-state index in [1.54, 1.807) is 0 Å². The maximum atomic E-state index is 11.4. The second-order valence-electron chi connectivity index (χ2n) is 4.85. The number of rotatable bonds is 9. The summed E-state index contributed by atoms with van der Waals surface area (Å²) in [7, 11) is 0. The minimum atomic E-state index is -0.513. The highest BCUT2D eigenvalue weighted by Crippen LogP contribution is 2.16. The average Bonchev–Trinajstić information content (AvgIpc) is 2.30. The minimum Gasteiger partial charge on any atom is -0.434 e. The molecule has 1 atom stereocenters. The van der Waals surface area contributed by atoms with Crippen molar-refractivity contribution >= 4 is 6.16 Å². The molecule has 17 heavy (non-hydrogen) atoms. The van der Waals surface area contributed by atoms with Gasteiger partial charge in [0.15, 0.2) is 0 Å². The van der Waals surface area contributed by atoms with Crippen molar-refractivity contribution < 1.29 is 14.3 Å². The standard InChI is InChI=1S/C14H28O3/c1-5-7-8-9-10-13(12(3)4)17-14(15)16-11-6-2/h12-13H,5-11H2,1-4H3. The Hall–Kier alpha value is -0.730. The van der Waals surface area contributed by atoms with Gasteiger partial charge in [0.1, 0.15) is 6.10 Å². The minimum absolute atomic E-state index is 0.00351. The van der Waals surface area contributed by atoms with Crippen molar-refractivity contribution in [3.8, 4) is 0 Å². The molecule has 0 rings (SSSR count). The van der Waals surface area contributed by atoms with Crippen molar-refractivity contribution in [2.75, 3.05) is 6.61 Å². The van der Waals surface area contributed by atoms with Crippen molar-refractivity contribution in [1.82, 2.24) is 0 Å². The Kier molecular flexibility index (Phi) is 9.98. The van der Waals surface area contributed by atoms with E-state index in [1.807, 2.05) is 6.92 Å². The van der Waals surface area contributed by atoms with Gasteiger partial charge in [-0.1, -0.05) is 47.0 Å². The Morgan fingerprint density at radius 1 is 1.06 bits per heavy atom. The summed E-state index contributed by atoms with van der Waals surface area (Å²) in [5.74, 6) is 0.353. The molecule has 3 heteroatoms. The maximum absolute atomic E-state index is 11.4. The first-order valence-corrected chi connectivity index (χ1v) is 6.95. The lowest BCUT2D eigenvalue weighted by Gasteiger charge is -2.20. The normalized spacial score (nSPS) is 12.5. The molecule has 102 valence electrons. The van der Waals surface area contributed by atoms with Gasteiger partial charge in [-0.3, -0.25) is 0 Å². The summed E-state index contributed by atoms with van der Waals surface area (Å²) in [6.45, 7) is 8.77. The smallest absolute Gasteiger partial charge is 0.434 e. The van der Waals surface area contributed by atoms with E-state index < -0.39 is 6.16 Å². The highest BCUT2D eigenvalue weighted by molar-refractivity contribution is 5.60.